The Balaban J connectivity index is 1.51. The van der Waals surface area contributed by atoms with Gasteiger partial charge >= 0.3 is 5.69 Å². The van der Waals surface area contributed by atoms with Crippen molar-refractivity contribution in [2.24, 2.45) is 5.41 Å². The van der Waals surface area contributed by atoms with Crippen LogP contribution in [0.1, 0.15) is 35.8 Å². The average Bonchev–Trinajstić information content (AvgIpc) is 2.84. The minimum atomic E-state index is -0.529. The van der Waals surface area contributed by atoms with Crippen molar-refractivity contribution in [2.45, 2.75) is 32.7 Å². The van der Waals surface area contributed by atoms with Gasteiger partial charge in [-0.1, -0.05) is 6.07 Å². The van der Waals surface area contributed by atoms with E-state index in [0.717, 1.165) is 11.3 Å². The Labute approximate surface area is 190 Å². The SMILES string of the molecule is CCn1c(=O)[nH]c2cc(CC3(C#N)CCN(c4ccc(C(=O)NC)nc4)CC3)ccc2c1=O. The summed E-state index contributed by atoms with van der Waals surface area (Å²) in [6, 6.07) is 11.5. The summed E-state index contributed by atoms with van der Waals surface area (Å²) in [6.45, 7) is 3.45. The molecule has 3 aromatic rings. The van der Waals surface area contributed by atoms with Crippen LogP contribution in [0.4, 0.5) is 5.69 Å². The van der Waals surface area contributed by atoms with Gasteiger partial charge in [0.05, 0.1) is 34.3 Å². The van der Waals surface area contributed by atoms with Gasteiger partial charge < -0.3 is 15.2 Å². The molecule has 9 heteroatoms. The van der Waals surface area contributed by atoms with Crippen molar-refractivity contribution in [1.29, 1.82) is 5.26 Å². The molecule has 0 radical (unpaired) electrons. The summed E-state index contributed by atoms with van der Waals surface area (Å²) >= 11 is 0. The lowest BCUT2D eigenvalue weighted by Gasteiger charge is -2.38. The molecule has 0 bridgehead atoms. The van der Waals surface area contributed by atoms with E-state index in [4.69, 9.17) is 0 Å². The van der Waals surface area contributed by atoms with Crippen molar-refractivity contribution in [3.8, 4) is 6.07 Å². The molecule has 4 rings (SSSR count). The molecule has 1 fully saturated rings. The fourth-order valence-corrected chi connectivity index (χ4v) is 4.45. The van der Waals surface area contributed by atoms with E-state index < -0.39 is 11.1 Å². The van der Waals surface area contributed by atoms with Gasteiger partial charge in [-0.25, -0.2) is 9.78 Å². The second-order valence-electron chi connectivity index (χ2n) is 8.40. The molecule has 2 N–H and O–H groups in total. The Kier molecular flexibility index (Phi) is 6.01. The summed E-state index contributed by atoms with van der Waals surface area (Å²) in [7, 11) is 1.57. The van der Waals surface area contributed by atoms with E-state index in [9.17, 15) is 19.6 Å². The normalized spacial score (nSPS) is 15.2. The highest BCUT2D eigenvalue weighted by atomic mass is 16.2. The minimum absolute atomic E-state index is 0.228. The van der Waals surface area contributed by atoms with Crippen LogP contribution >= 0.6 is 0 Å². The molecule has 1 aliphatic heterocycles. The molecule has 0 spiro atoms. The summed E-state index contributed by atoms with van der Waals surface area (Å²) in [6.07, 6.45) is 3.58. The number of nitrogens with zero attached hydrogens (tertiary/aromatic N) is 4. The number of benzene rings is 1. The van der Waals surface area contributed by atoms with Crippen molar-refractivity contribution in [3.05, 3.63) is 68.6 Å². The number of rotatable bonds is 5. The molecule has 1 aliphatic rings. The molecule has 1 amide bonds. The van der Waals surface area contributed by atoms with Gasteiger partial charge in [0.2, 0.25) is 0 Å². The largest absolute Gasteiger partial charge is 0.370 e. The third-order valence-corrected chi connectivity index (χ3v) is 6.44. The smallest absolute Gasteiger partial charge is 0.328 e. The van der Waals surface area contributed by atoms with Gasteiger partial charge in [-0.2, -0.15) is 5.26 Å². The summed E-state index contributed by atoms with van der Waals surface area (Å²) in [5, 5.41) is 13.0. The van der Waals surface area contributed by atoms with Gasteiger partial charge in [0, 0.05) is 26.7 Å². The first-order valence-corrected chi connectivity index (χ1v) is 11.0. The van der Waals surface area contributed by atoms with E-state index >= 15 is 0 Å². The molecule has 1 aromatic carbocycles. The maximum absolute atomic E-state index is 12.5. The first kappa shape index (κ1) is 22.3. The third-order valence-electron chi connectivity index (χ3n) is 6.44. The fraction of sp³-hybridized carbons (Fsp3) is 0.375. The van der Waals surface area contributed by atoms with Gasteiger partial charge in [0.25, 0.3) is 11.5 Å². The standard InChI is InChI=1S/C24H26N6O3/c1-3-30-22(32)18-6-4-16(12-20(18)28-23(30)33)13-24(15-25)8-10-29(11-9-24)17-5-7-19(27-14-17)21(31)26-2/h4-7,12,14H,3,8-11,13H2,1-2H3,(H,26,31)(H,28,33). The highest BCUT2D eigenvalue weighted by Gasteiger charge is 2.35. The van der Waals surface area contributed by atoms with Gasteiger partial charge in [0.15, 0.2) is 0 Å². The van der Waals surface area contributed by atoms with Gasteiger partial charge in [-0.05, 0) is 56.0 Å². The third kappa shape index (κ3) is 4.24. The van der Waals surface area contributed by atoms with Crippen LogP contribution in [-0.4, -0.2) is 40.6 Å². The minimum Gasteiger partial charge on any atom is -0.370 e. The first-order valence-electron chi connectivity index (χ1n) is 11.0. The maximum Gasteiger partial charge on any atom is 0.328 e. The first-order chi connectivity index (χ1) is 15.9. The molecule has 0 unspecified atom stereocenters. The molecule has 170 valence electrons. The number of nitrogens with one attached hydrogen (secondary N) is 2. The highest BCUT2D eigenvalue weighted by molar-refractivity contribution is 5.92. The van der Waals surface area contributed by atoms with Crippen LogP contribution in [0.5, 0.6) is 0 Å². The zero-order valence-corrected chi connectivity index (χ0v) is 18.7. The fourth-order valence-electron chi connectivity index (χ4n) is 4.45. The molecule has 2 aromatic heterocycles. The number of H-pyrrole nitrogens is 1. The van der Waals surface area contributed by atoms with E-state index in [2.05, 4.69) is 26.3 Å². The second kappa shape index (κ2) is 8.90. The quantitative estimate of drug-likeness (QED) is 0.616. The number of hydrogen-bond donors (Lipinski definition) is 2. The van der Waals surface area contributed by atoms with E-state index in [1.165, 1.54) is 4.57 Å². The van der Waals surface area contributed by atoms with E-state index in [1.807, 2.05) is 18.2 Å². The van der Waals surface area contributed by atoms with Crippen molar-refractivity contribution < 1.29 is 4.79 Å². The van der Waals surface area contributed by atoms with Crippen LogP contribution in [0.25, 0.3) is 10.9 Å². The van der Waals surface area contributed by atoms with Crippen LogP contribution in [0.2, 0.25) is 0 Å². The van der Waals surface area contributed by atoms with Gasteiger partial charge in [0.1, 0.15) is 5.69 Å². The van der Waals surface area contributed by atoms with Crippen molar-refractivity contribution >= 4 is 22.5 Å². The number of hydrogen-bond acceptors (Lipinski definition) is 6. The number of carbonyl (C=O) groups excluding carboxylic acids is 1. The van der Waals surface area contributed by atoms with E-state index in [1.54, 1.807) is 32.3 Å². The van der Waals surface area contributed by atoms with Crippen LogP contribution in [-0.2, 0) is 13.0 Å². The Morgan fingerprint density at radius 3 is 2.61 bits per heavy atom. The molecule has 0 saturated carbocycles. The zero-order chi connectivity index (χ0) is 23.6. The second-order valence-corrected chi connectivity index (χ2v) is 8.40. The monoisotopic (exact) mass is 446 g/mol. The van der Waals surface area contributed by atoms with Crippen LogP contribution in [0.3, 0.4) is 0 Å². The Morgan fingerprint density at radius 1 is 1.24 bits per heavy atom. The van der Waals surface area contributed by atoms with E-state index in [-0.39, 0.29) is 11.5 Å². The maximum atomic E-state index is 12.5. The van der Waals surface area contributed by atoms with Crippen LogP contribution in [0, 0.1) is 16.7 Å². The number of fused-ring (bicyclic) bond motifs is 1. The lowest BCUT2D eigenvalue weighted by Crippen LogP contribution is -2.40. The number of aromatic amines is 1. The topological polar surface area (TPSA) is 124 Å². The number of aromatic nitrogens is 3. The molecule has 0 aliphatic carbocycles. The van der Waals surface area contributed by atoms with Crippen molar-refractivity contribution in [1.82, 2.24) is 19.9 Å². The Morgan fingerprint density at radius 2 is 2.00 bits per heavy atom. The number of anilines is 1. The Hall–Kier alpha value is -3.93. The summed E-state index contributed by atoms with van der Waals surface area (Å²) in [4.78, 5) is 45.5. The summed E-state index contributed by atoms with van der Waals surface area (Å²) in [5.41, 5.74) is 1.44. The number of carbonyl (C=O) groups is 1. The molecule has 3 heterocycles. The number of pyridine rings is 1. The van der Waals surface area contributed by atoms with Gasteiger partial charge in [-0.3, -0.25) is 14.2 Å². The summed E-state index contributed by atoms with van der Waals surface area (Å²) in [5.74, 6) is -0.228. The molecule has 33 heavy (non-hydrogen) atoms. The average molecular weight is 447 g/mol. The molecule has 1 saturated heterocycles. The molecule has 9 nitrogen and oxygen atoms in total. The predicted octanol–water partition coefficient (Wildman–Crippen LogP) is 1.82. The number of piperidine rings is 1. The molecular formula is C24H26N6O3. The lowest BCUT2D eigenvalue weighted by molar-refractivity contribution is 0.0958. The van der Waals surface area contributed by atoms with Crippen molar-refractivity contribution in [2.75, 3.05) is 25.0 Å². The van der Waals surface area contributed by atoms with Gasteiger partial charge in [-0.15, -0.1) is 0 Å². The van der Waals surface area contributed by atoms with Crippen LogP contribution in [0.15, 0.2) is 46.1 Å². The predicted molar refractivity (Wildman–Crippen MR) is 125 cm³/mol. The van der Waals surface area contributed by atoms with Crippen LogP contribution < -0.4 is 21.5 Å². The van der Waals surface area contributed by atoms with Crippen molar-refractivity contribution in [3.63, 3.8) is 0 Å². The Bertz CT molecular complexity index is 1340. The molecular weight excluding hydrogens is 420 g/mol. The zero-order valence-electron chi connectivity index (χ0n) is 18.7. The highest BCUT2D eigenvalue weighted by Crippen LogP contribution is 2.36. The lowest BCUT2D eigenvalue weighted by atomic mass is 9.75. The number of nitriles is 1. The van der Waals surface area contributed by atoms with E-state index in [0.29, 0.717) is 55.5 Å². The number of amides is 1. The molecule has 0 atom stereocenters. The summed E-state index contributed by atoms with van der Waals surface area (Å²) < 4.78 is 1.17.